The number of aromatic nitrogens is 2. The van der Waals surface area contributed by atoms with E-state index < -0.39 is 0 Å². The number of hydrogen-bond acceptors (Lipinski definition) is 4. The maximum Gasteiger partial charge on any atom is 0.251 e. The third-order valence-electron chi connectivity index (χ3n) is 5.81. The zero-order valence-corrected chi connectivity index (χ0v) is 19.1. The topological polar surface area (TPSA) is 73.2 Å². The quantitative estimate of drug-likeness (QED) is 0.521. The largest absolute Gasteiger partial charge is 0.493 e. The van der Waals surface area contributed by atoms with Crippen LogP contribution in [-0.2, 0) is 19.4 Å². The van der Waals surface area contributed by atoms with Crippen molar-refractivity contribution in [3.8, 4) is 5.75 Å². The number of aryl methyl sites for hydroxylation is 2. The molecule has 33 heavy (non-hydrogen) atoms. The molecule has 1 aliphatic carbocycles. The number of fused-ring (bicyclic) bond motifs is 1. The van der Waals surface area contributed by atoms with Gasteiger partial charge in [0.2, 0.25) is 0 Å². The highest BCUT2D eigenvalue weighted by Crippen LogP contribution is 2.29. The third kappa shape index (κ3) is 5.40. The van der Waals surface area contributed by atoms with Gasteiger partial charge in [-0.1, -0.05) is 12.1 Å². The Morgan fingerprint density at radius 3 is 2.70 bits per heavy atom. The van der Waals surface area contributed by atoms with Crippen LogP contribution in [0.5, 0.6) is 5.75 Å². The first-order valence-electron chi connectivity index (χ1n) is 11.5. The summed E-state index contributed by atoms with van der Waals surface area (Å²) < 4.78 is 7.96. The highest BCUT2D eigenvalue weighted by atomic mass is 16.5. The molecule has 6 heteroatoms. The Morgan fingerprint density at radius 2 is 1.97 bits per heavy atom. The van der Waals surface area contributed by atoms with Crippen LogP contribution in [0, 0.1) is 0 Å². The second-order valence-corrected chi connectivity index (χ2v) is 8.09. The van der Waals surface area contributed by atoms with Crippen LogP contribution in [0.15, 0.2) is 60.6 Å². The number of nitrogens with zero attached hydrogens (tertiary/aromatic N) is 2. The first-order chi connectivity index (χ1) is 16.1. The molecule has 0 aliphatic heterocycles. The third-order valence-corrected chi connectivity index (χ3v) is 5.81. The standard InChI is InChI=1S/C27H29N3O3/c1-3-28-27(32)20-7-5-19(6-8-20)15-22-10-9-21-16-24(11-12-25(21)26(22)31)33-14-13-23-17-30(4-2)18-29-23/h5-8,11-12,15-18H,3-4,9-10,13-14H2,1-2H3,(H,28,32). The van der Waals surface area contributed by atoms with E-state index in [0.29, 0.717) is 25.1 Å². The molecule has 0 saturated heterocycles. The Morgan fingerprint density at radius 1 is 1.15 bits per heavy atom. The minimum atomic E-state index is -0.0898. The van der Waals surface area contributed by atoms with Crippen molar-refractivity contribution in [1.82, 2.24) is 14.9 Å². The number of nitrogens with one attached hydrogen (secondary N) is 1. The van der Waals surface area contributed by atoms with Crippen LogP contribution < -0.4 is 10.1 Å². The van der Waals surface area contributed by atoms with Crippen molar-refractivity contribution in [2.24, 2.45) is 0 Å². The zero-order valence-electron chi connectivity index (χ0n) is 19.1. The molecule has 170 valence electrons. The summed E-state index contributed by atoms with van der Waals surface area (Å²) in [5, 5.41) is 2.79. The van der Waals surface area contributed by atoms with Crippen LogP contribution in [0.25, 0.3) is 6.08 Å². The summed E-state index contributed by atoms with van der Waals surface area (Å²) in [6.07, 6.45) is 8.02. The molecule has 1 amide bonds. The van der Waals surface area contributed by atoms with Gasteiger partial charge in [-0.25, -0.2) is 4.98 Å². The van der Waals surface area contributed by atoms with Crippen molar-refractivity contribution in [3.05, 3.63) is 88.5 Å². The number of carbonyl (C=O) groups is 2. The van der Waals surface area contributed by atoms with E-state index in [2.05, 4.69) is 17.2 Å². The van der Waals surface area contributed by atoms with Gasteiger partial charge in [0.25, 0.3) is 5.91 Å². The lowest BCUT2D eigenvalue weighted by molar-refractivity contribution is 0.0955. The van der Waals surface area contributed by atoms with Crippen LogP contribution in [0.4, 0.5) is 0 Å². The Labute approximate surface area is 194 Å². The Kier molecular flexibility index (Phi) is 7.03. The molecule has 0 unspecified atom stereocenters. The van der Waals surface area contributed by atoms with Gasteiger partial charge in [0.1, 0.15) is 5.75 Å². The summed E-state index contributed by atoms with van der Waals surface area (Å²) in [6.45, 7) is 6.02. The first kappa shape index (κ1) is 22.5. The number of allylic oxidation sites excluding steroid dienone is 1. The van der Waals surface area contributed by atoms with Gasteiger partial charge in [-0.05, 0) is 74.2 Å². The number of amides is 1. The second-order valence-electron chi connectivity index (χ2n) is 8.09. The number of imidazole rings is 1. The van der Waals surface area contributed by atoms with Gasteiger partial charge in [-0.3, -0.25) is 9.59 Å². The van der Waals surface area contributed by atoms with Gasteiger partial charge in [0.15, 0.2) is 5.78 Å². The predicted octanol–water partition coefficient (Wildman–Crippen LogP) is 4.49. The monoisotopic (exact) mass is 443 g/mol. The highest BCUT2D eigenvalue weighted by Gasteiger charge is 2.22. The first-order valence-corrected chi connectivity index (χ1v) is 11.5. The van der Waals surface area contributed by atoms with Crippen LogP contribution in [0.1, 0.15) is 57.8 Å². The molecule has 1 N–H and O–H groups in total. The molecule has 1 heterocycles. The minimum Gasteiger partial charge on any atom is -0.493 e. The van der Waals surface area contributed by atoms with Crippen molar-refractivity contribution in [1.29, 1.82) is 0 Å². The molecule has 0 fully saturated rings. The average Bonchev–Trinajstić information content (AvgIpc) is 3.29. The molecule has 6 nitrogen and oxygen atoms in total. The number of benzene rings is 2. The van der Waals surface area contributed by atoms with E-state index in [4.69, 9.17) is 4.74 Å². The van der Waals surface area contributed by atoms with Gasteiger partial charge in [0, 0.05) is 42.4 Å². The van der Waals surface area contributed by atoms with Crippen LogP contribution in [0.2, 0.25) is 0 Å². The summed E-state index contributed by atoms with van der Waals surface area (Å²) in [7, 11) is 0. The van der Waals surface area contributed by atoms with E-state index in [1.165, 1.54) is 0 Å². The fourth-order valence-electron chi connectivity index (χ4n) is 3.96. The molecule has 0 saturated carbocycles. The number of hydrogen-bond donors (Lipinski definition) is 1. The van der Waals surface area contributed by atoms with Crippen LogP contribution in [-0.4, -0.2) is 34.4 Å². The average molecular weight is 444 g/mol. The summed E-state index contributed by atoms with van der Waals surface area (Å²) in [5.74, 6) is 0.749. The van der Waals surface area contributed by atoms with Crippen LogP contribution >= 0.6 is 0 Å². The molecular weight excluding hydrogens is 414 g/mol. The van der Waals surface area contributed by atoms with E-state index in [1.807, 2.05) is 60.4 Å². The molecule has 0 radical (unpaired) electrons. The summed E-state index contributed by atoms with van der Waals surface area (Å²) in [4.78, 5) is 29.3. The summed E-state index contributed by atoms with van der Waals surface area (Å²) in [5.41, 5.74) is 5.09. The molecule has 2 aromatic carbocycles. The van der Waals surface area contributed by atoms with E-state index in [0.717, 1.165) is 53.1 Å². The number of Topliss-reactive ketones (excluding diaryl/α,β-unsaturated/α-hetero) is 1. The molecule has 3 aromatic rings. The number of carbonyl (C=O) groups excluding carboxylic acids is 2. The normalized spacial score (nSPS) is 14.2. The van der Waals surface area contributed by atoms with Crippen LogP contribution in [0.3, 0.4) is 0 Å². The molecule has 1 aromatic heterocycles. The van der Waals surface area contributed by atoms with E-state index in [-0.39, 0.29) is 11.7 Å². The van der Waals surface area contributed by atoms with E-state index in [1.54, 1.807) is 12.1 Å². The SMILES string of the molecule is CCNC(=O)c1ccc(C=C2CCc3cc(OCCc4cn(CC)cn4)ccc3C2=O)cc1. The maximum atomic E-state index is 13.0. The van der Waals surface area contributed by atoms with Crippen molar-refractivity contribution < 1.29 is 14.3 Å². The van der Waals surface area contributed by atoms with Crippen molar-refractivity contribution >= 4 is 17.8 Å². The van der Waals surface area contributed by atoms with Crippen molar-refractivity contribution in [2.75, 3.05) is 13.2 Å². The second kappa shape index (κ2) is 10.3. The van der Waals surface area contributed by atoms with Gasteiger partial charge in [0.05, 0.1) is 18.6 Å². The molecule has 0 bridgehead atoms. The van der Waals surface area contributed by atoms with Gasteiger partial charge in [-0.15, -0.1) is 0 Å². The lowest BCUT2D eigenvalue weighted by atomic mass is 9.86. The van der Waals surface area contributed by atoms with Gasteiger partial charge < -0.3 is 14.6 Å². The lowest BCUT2D eigenvalue weighted by Crippen LogP contribution is -2.22. The zero-order chi connectivity index (χ0) is 23.2. The minimum absolute atomic E-state index is 0.0562. The maximum absolute atomic E-state index is 13.0. The number of rotatable bonds is 8. The Hall–Kier alpha value is -3.67. The van der Waals surface area contributed by atoms with Gasteiger partial charge in [-0.2, -0.15) is 0 Å². The fraction of sp³-hybridized carbons (Fsp3) is 0.296. The van der Waals surface area contributed by atoms with E-state index in [9.17, 15) is 9.59 Å². The molecule has 0 spiro atoms. The summed E-state index contributed by atoms with van der Waals surface area (Å²) >= 11 is 0. The van der Waals surface area contributed by atoms with Crippen molar-refractivity contribution in [2.45, 2.75) is 39.7 Å². The molecular formula is C27H29N3O3. The number of ketones is 1. The molecule has 0 atom stereocenters. The van der Waals surface area contributed by atoms with Crippen molar-refractivity contribution in [3.63, 3.8) is 0 Å². The lowest BCUT2D eigenvalue weighted by Gasteiger charge is -2.19. The summed E-state index contributed by atoms with van der Waals surface area (Å²) in [6, 6.07) is 13.0. The Balaban J connectivity index is 1.39. The van der Waals surface area contributed by atoms with E-state index >= 15 is 0 Å². The molecule has 4 rings (SSSR count). The molecule has 1 aliphatic rings. The smallest absolute Gasteiger partial charge is 0.251 e. The fourth-order valence-corrected chi connectivity index (χ4v) is 3.96. The predicted molar refractivity (Wildman–Crippen MR) is 129 cm³/mol. The Bertz CT molecular complexity index is 1180. The van der Waals surface area contributed by atoms with Gasteiger partial charge >= 0.3 is 0 Å². The highest BCUT2D eigenvalue weighted by molar-refractivity contribution is 6.13. The number of ether oxygens (including phenoxy) is 1.